The fraction of sp³-hybridized carbons (Fsp3) is 0.400. The third kappa shape index (κ3) is 3.05. The summed E-state index contributed by atoms with van der Waals surface area (Å²) in [4.78, 5) is 0. The lowest BCUT2D eigenvalue weighted by atomic mass is 10.0. The van der Waals surface area contributed by atoms with Gasteiger partial charge >= 0.3 is 0 Å². The minimum absolute atomic E-state index is 0.708. The molecule has 0 amide bonds. The van der Waals surface area contributed by atoms with Crippen molar-refractivity contribution in [3.05, 3.63) is 36.1 Å². The number of hydrogen-bond acceptors (Lipinski definition) is 3. The molecule has 0 aromatic carbocycles. The van der Waals surface area contributed by atoms with Crippen molar-refractivity contribution < 1.29 is 4.74 Å². The highest BCUT2D eigenvalue weighted by Gasteiger charge is 2.05. The molecule has 0 bridgehead atoms. The quantitative estimate of drug-likeness (QED) is 0.502. The smallest absolute Gasteiger partial charge is 0.0653 e. The molecule has 0 saturated carbocycles. The second kappa shape index (κ2) is 5.56. The van der Waals surface area contributed by atoms with Crippen LogP contribution in [-0.2, 0) is 4.74 Å². The summed E-state index contributed by atoms with van der Waals surface area (Å²) in [6, 6.07) is 0. The van der Waals surface area contributed by atoms with Crippen molar-refractivity contribution in [3.8, 4) is 0 Å². The molecule has 1 heterocycles. The number of hydrazine groups is 1. The van der Waals surface area contributed by atoms with Crippen LogP contribution in [0.15, 0.2) is 36.1 Å². The molecule has 2 N–H and O–H groups in total. The van der Waals surface area contributed by atoms with E-state index >= 15 is 0 Å². The van der Waals surface area contributed by atoms with Crippen LogP contribution >= 0.6 is 0 Å². The Bertz CT molecular complexity index is 231. The number of allylic oxidation sites excluding steroid dienone is 2. The fourth-order valence-corrected chi connectivity index (χ4v) is 1.22. The van der Waals surface area contributed by atoms with E-state index in [4.69, 9.17) is 4.74 Å². The van der Waals surface area contributed by atoms with E-state index in [-0.39, 0.29) is 0 Å². The van der Waals surface area contributed by atoms with E-state index in [1.807, 2.05) is 19.3 Å². The molecular weight excluding hydrogens is 164 g/mol. The maximum Gasteiger partial charge on any atom is 0.0653 e. The molecule has 0 aromatic rings. The first-order chi connectivity index (χ1) is 6.38. The zero-order chi connectivity index (χ0) is 9.52. The van der Waals surface area contributed by atoms with Gasteiger partial charge in [-0.15, -0.1) is 0 Å². The lowest BCUT2D eigenvalue weighted by Gasteiger charge is -2.14. The van der Waals surface area contributed by atoms with Crippen LogP contribution in [0.3, 0.4) is 0 Å². The molecule has 13 heavy (non-hydrogen) atoms. The van der Waals surface area contributed by atoms with Crippen molar-refractivity contribution in [1.29, 1.82) is 0 Å². The molecule has 0 fully saturated rings. The monoisotopic (exact) mass is 180 g/mol. The maximum absolute atomic E-state index is 5.22. The molecule has 1 aliphatic heterocycles. The Morgan fingerprint density at radius 2 is 2.54 bits per heavy atom. The van der Waals surface area contributed by atoms with Gasteiger partial charge in [0.15, 0.2) is 0 Å². The average Bonchev–Trinajstić information content (AvgIpc) is 2.21. The van der Waals surface area contributed by atoms with Crippen molar-refractivity contribution in [2.24, 2.45) is 0 Å². The summed E-state index contributed by atoms with van der Waals surface area (Å²) in [6.07, 6.45) is 6.81. The molecule has 1 rings (SSSR count). The van der Waals surface area contributed by atoms with Crippen LogP contribution in [0.5, 0.6) is 0 Å². The van der Waals surface area contributed by atoms with E-state index in [2.05, 4.69) is 23.5 Å². The molecule has 0 aromatic heterocycles. The Hall–Kier alpha value is -1.06. The van der Waals surface area contributed by atoms with Crippen LogP contribution in [-0.4, -0.2) is 20.3 Å². The van der Waals surface area contributed by atoms with E-state index in [0.29, 0.717) is 6.61 Å². The first kappa shape index (κ1) is 10.0. The lowest BCUT2D eigenvalue weighted by molar-refractivity contribution is 0.155. The number of rotatable bonds is 4. The van der Waals surface area contributed by atoms with Gasteiger partial charge < -0.3 is 10.2 Å². The second-order valence-corrected chi connectivity index (χ2v) is 2.75. The molecule has 3 heteroatoms. The van der Waals surface area contributed by atoms with Crippen molar-refractivity contribution in [3.63, 3.8) is 0 Å². The Kier molecular flexibility index (Phi) is 4.29. The molecule has 1 aliphatic rings. The summed E-state index contributed by atoms with van der Waals surface area (Å²) < 4.78 is 5.22. The number of nitrogens with one attached hydrogen (secondary N) is 2. The van der Waals surface area contributed by atoms with Gasteiger partial charge in [-0.2, -0.15) is 0 Å². The van der Waals surface area contributed by atoms with Gasteiger partial charge in [-0.25, -0.2) is 5.43 Å². The third-order valence-electron chi connectivity index (χ3n) is 1.93. The molecule has 0 aliphatic carbocycles. The van der Waals surface area contributed by atoms with E-state index in [9.17, 15) is 0 Å². The molecule has 0 atom stereocenters. The Balaban J connectivity index is 2.64. The van der Waals surface area contributed by atoms with Gasteiger partial charge in [-0.1, -0.05) is 18.7 Å². The van der Waals surface area contributed by atoms with Crippen LogP contribution in [0.4, 0.5) is 0 Å². The highest BCUT2D eigenvalue weighted by atomic mass is 16.5. The summed E-state index contributed by atoms with van der Waals surface area (Å²) in [5, 5.41) is 0. The summed E-state index contributed by atoms with van der Waals surface area (Å²) in [7, 11) is 1.83. The zero-order valence-electron chi connectivity index (χ0n) is 7.97. The van der Waals surface area contributed by atoms with Crippen LogP contribution in [0.1, 0.15) is 6.42 Å². The van der Waals surface area contributed by atoms with Crippen molar-refractivity contribution in [2.75, 3.05) is 20.3 Å². The second-order valence-electron chi connectivity index (χ2n) is 2.75. The summed E-state index contributed by atoms with van der Waals surface area (Å²) >= 11 is 0. The minimum atomic E-state index is 0.708. The lowest BCUT2D eigenvalue weighted by Crippen LogP contribution is -2.22. The molecule has 0 saturated heterocycles. The molecular formula is C10H16N2O. The highest BCUT2D eigenvalue weighted by molar-refractivity contribution is 5.38. The molecule has 0 unspecified atom stereocenters. The van der Waals surface area contributed by atoms with Gasteiger partial charge in [0.25, 0.3) is 0 Å². The van der Waals surface area contributed by atoms with Gasteiger partial charge in [-0.05, 0) is 17.6 Å². The van der Waals surface area contributed by atoms with E-state index in [0.717, 1.165) is 18.6 Å². The summed E-state index contributed by atoms with van der Waals surface area (Å²) in [5.74, 6) is 0. The Morgan fingerprint density at radius 3 is 3.08 bits per heavy atom. The Labute approximate surface area is 79.1 Å². The van der Waals surface area contributed by atoms with Gasteiger partial charge in [0.2, 0.25) is 0 Å². The SMILES string of the molecule is C=C/C(=C\NNC)C1=CCOCC1. The first-order valence-electron chi connectivity index (χ1n) is 4.40. The molecule has 72 valence electrons. The fourth-order valence-electron chi connectivity index (χ4n) is 1.22. The molecule has 0 spiro atoms. The molecule has 0 radical (unpaired) electrons. The normalized spacial score (nSPS) is 17.9. The summed E-state index contributed by atoms with van der Waals surface area (Å²) in [6.45, 7) is 5.28. The zero-order valence-corrected chi connectivity index (χ0v) is 7.97. The average molecular weight is 180 g/mol. The molecule has 3 nitrogen and oxygen atoms in total. The van der Waals surface area contributed by atoms with Gasteiger partial charge in [0.05, 0.1) is 13.2 Å². The van der Waals surface area contributed by atoms with Gasteiger partial charge in [0.1, 0.15) is 0 Å². The first-order valence-corrected chi connectivity index (χ1v) is 4.40. The van der Waals surface area contributed by atoms with E-state index < -0.39 is 0 Å². The van der Waals surface area contributed by atoms with Crippen LogP contribution in [0, 0.1) is 0 Å². The number of ether oxygens (including phenoxy) is 1. The summed E-state index contributed by atoms with van der Waals surface area (Å²) in [5.41, 5.74) is 8.19. The van der Waals surface area contributed by atoms with Gasteiger partial charge in [0, 0.05) is 13.2 Å². The van der Waals surface area contributed by atoms with Crippen molar-refractivity contribution >= 4 is 0 Å². The van der Waals surface area contributed by atoms with Crippen molar-refractivity contribution in [2.45, 2.75) is 6.42 Å². The number of hydrogen-bond donors (Lipinski definition) is 2. The predicted octanol–water partition coefficient (Wildman–Crippen LogP) is 1.13. The van der Waals surface area contributed by atoms with Crippen LogP contribution < -0.4 is 10.9 Å². The predicted molar refractivity (Wildman–Crippen MR) is 54.0 cm³/mol. The maximum atomic E-state index is 5.22. The van der Waals surface area contributed by atoms with E-state index in [1.165, 1.54) is 5.57 Å². The topological polar surface area (TPSA) is 33.3 Å². The standard InChI is InChI=1S/C10H16N2O/c1-3-9(8-12-11-2)10-4-6-13-7-5-10/h3-4,8,11-12H,1,5-7H2,2H3/b9-8+. The van der Waals surface area contributed by atoms with Crippen molar-refractivity contribution in [1.82, 2.24) is 10.9 Å². The van der Waals surface area contributed by atoms with Gasteiger partial charge in [-0.3, -0.25) is 0 Å². The van der Waals surface area contributed by atoms with Crippen LogP contribution in [0.2, 0.25) is 0 Å². The van der Waals surface area contributed by atoms with Crippen LogP contribution in [0.25, 0.3) is 0 Å². The van der Waals surface area contributed by atoms with E-state index in [1.54, 1.807) is 0 Å². The Morgan fingerprint density at radius 1 is 1.69 bits per heavy atom. The minimum Gasteiger partial charge on any atom is -0.377 e. The largest absolute Gasteiger partial charge is 0.377 e. The highest BCUT2D eigenvalue weighted by Crippen LogP contribution is 2.17. The third-order valence-corrected chi connectivity index (χ3v) is 1.93.